The second kappa shape index (κ2) is 4.41. The van der Waals surface area contributed by atoms with E-state index in [0.29, 0.717) is 19.4 Å². The summed E-state index contributed by atoms with van der Waals surface area (Å²) in [5.74, 6) is -0.962. The summed E-state index contributed by atoms with van der Waals surface area (Å²) in [4.78, 5) is 22.7. The Morgan fingerprint density at radius 3 is 2.31 bits per heavy atom. The first-order chi connectivity index (χ1) is 7.34. The van der Waals surface area contributed by atoms with Gasteiger partial charge in [0.2, 0.25) is 5.91 Å². The van der Waals surface area contributed by atoms with Gasteiger partial charge < -0.3 is 15.7 Å². The number of carbonyl (C=O) groups excluding carboxylic acids is 1. The van der Waals surface area contributed by atoms with Crippen molar-refractivity contribution in [2.45, 2.75) is 39.2 Å². The van der Waals surface area contributed by atoms with Crippen molar-refractivity contribution < 1.29 is 14.7 Å². The number of rotatable bonds is 6. The molecule has 0 aromatic rings. The molecule has 0 bridgehead atoms. The van der Waals surface area contributed by atoms with E-state index < -0.39 is 16.9 Å². The van der Waals surface area contributed by atoms with E-state index in [1.165, 1.54) is 0 Å². The number of aliphatic carboxylic acids is 1. The summed E-state index contributed by atoms with van der Waals surface area (Å²) in [5, 5.41) is 14.7. The summed E-state index contributed by atoms with van der Waals surface area (Å²) in [5.41, 5.74) is -1.35. The molecule has 1 fully saturated rings. The van der Waals surface area contributed by atoms with Gasteiger partial charge >= 0.3 is 5.97 Å². The molecule has 1 aliphatic carbocycles. The minimum atomic E-state index is -0.811. The van der Waals surface area contributed by atoms with Gasteiger partial charge in [-0.05, 0) is 33.2 Å². The summed E-state index contributed by atoms with van der Waals surface area (Å²) in [6, 6.07) is 0. The molecule has 0 aromatic carbocycles. The van der Waals surface area contributed by atoms with Crippen LogP contribution in [0.5, 0.6) is 0 Å². The highest BCUT2D eigenvalue weighted by Gasteiger charge is 2.50. The van der Waals surface area contributed by atoms with E-state index in [0.717, 1.165) is 0 Å². The minimum Gasteiger partial charge on any atom is -0.481 e. The molecular weight excluding hydrogens is 208 g/mol. The highest BCUT2D eigenvalue weighted by molar-refractivity contribution is 5.86. The molecule has 0 aromatic heterocycles. The van der Waals surface area contributed by atoms with Gasteiger partial charge in [-0.3, -0.25) is 9.59 Å². The molecule has 1 aliphatic rings. The molecule has 5 heteroatoms. The fraction of sp³-hybridized carbons (Fsp3) is 0.818. The minimum absolute atomic E-state index is 0.151. The molecule has 1 saturated carbocycles. The Kier molecular flexibility index (Phi) is 3.57. The van der Waals surface area contributed by atoms with Crippen LogP contribution in [0.4, 0.5) is 0 Å². The summed E-state index contributed by atoms with van der Waals surface area (Å²) >= 11 is 0. The number of carboxylic acids is 1. The van der Waals surface area contributed by atoms with E-state index in [1.807, 2.05) is 6.92 Å². The maximum absolute atomic E-state index is 11.8. The van der Waals surface area contributed by atoms with Crippen LogP contribution in [0, 0.1) is 5.41 Å². The zero-order valence-electron chi connectivity index (χ0n) is 10.1. The first kappa shape index (κ1) is 13.0. The van der Waals surface area contributed by atoms with E-state index >= 15 is 0 Å². The normalized spacial score (nSPS) is 17.9. The summed E-state index contributed by atoms with van der Waals surface area (Å²) in [6.07, 6.45) is 1.31. The lowest BCUT2D eigenvalue weighted by Gasteiger charge is -2.25. The van der Waals surface area contributed by atoms with Crippen LogP contribution >= 0.6 is 0 Å². The second-order valence-corrected chi connectivity index (χ2v) is 4.92. The van der Waals surface area contributed by atoms with Gasteiger partial charge in [0.15, 0.2) is 0 Å². The largest absolute Gasteiger partial charge is 0.481 e. The van der Waals surface area contributed by atoms with Crippen LogP contribution in [0.1, 0.15) is 33.6 Å². The molecule has 3 N–H and O–H groups in total. The van der Waals surface area contributed by atoms with Crippen LogP contribution in [0.25, 0.3) is 0 Å². The Bertz CT molecular complexity index is 296. The molecule has 5 nitrogen and oxygen atoms in total. The maximum atomic E-state index is 11.8. The van der Waals surface area contributed by atoms with Crippen molar-refractivity contribution in [3.8, 4) is 0 Å². The van der Waals surface area contributed by atoms with Gasteiger partial charge in [-0.2, -0.15) is 0 Å². The van der Waals surface area contributed by atoms with E-state index in [1.54, 1.807) is 13.8 Å². The zero-order chi connectivity index (χ0) is 12.4. The van der Waals surface area contributed by atoms with Gasteiger partial charge in [-0.1, -0.05) is 6.92 Å². The number of amides is 1. The quantitative estimate of drug-likeness (QED) is 0.613. The van der Waals surface area contributed by atoms with Crippen molar-refractivity contribution in [2.75, 3.05) is 13.1 Å². The van der Waals surface area contributed by atoms with Gasteiger partial charge in [-0.15, -0.1) is 0 Å². The number of likely N-dealkylation sites (N-methyl/N-ethyl adjacent to an activating group) is 1. The van der Waals surface area contributed by atoms with Crippen molar-refractivity contribution in [3.05, 3.63) is 0 Å². The predicted octanol–water partition coefficient (Wildman–Crippen LogP) is 0.355. The smallest absolute Gasteiger partial charge is 0.311 e. The van der Waals surface area contributed by atoms with Crippen molar-refractivity contribution in [3.63, 3.8) is 0 Å². The number of carbonyl (C=O) groups is 2. The van der Waals surface area contributed by atoms with Gasteiger partial charge in [0.25, 0.3) is 0 Å². The number of carboxylic acid groups (broad SMARTS) is 1. The van der Waals surface area contributed by atoms with Crippen molar-refractivity contribution in [2.24, 2.45) is 5.41 Å². The monoisotopic (exact) mass is 228 g/mol. The molecule has 0 aliphatic heterocycles. The number of nitrogens with one attached hydrogen (secondary N) is 2. The lowest BCUT2D eigenvalue weighted by molar-refractivity contribution is -0.143. The summed E-state index contributed by atoms with van der Waals surface area (Å²) in [6.45, 7) is 6.42. The fourth-order valence-electron chi connectivity index (χ4n) is 1.61. The Labute approximate surface area is 95.6 Å². The average molecular weight is 228 g/mol. The van der Waals surface area contributed by atoms with Crippen molar-refractivity contribution in [1.29, 1.82) is 0 Å². The number of hydrogen-bond acceptors (Lipinski definition) is 3. The molecule has 1 rings (SSSR count). The lowest BCUT2D eigenvalue weighted by atomic mass is 10.0. The second-order valence-electron chi connectivity index (χ2n) is 4.92. The van der Waals surface area contributed by atoms with Gasteiger partial charge in [0, 0.05) is 6.54 Å². The molecule has 0 unspecified atom stereocenters. The standard InChI is InChI=1S/C11H20N2O3/c1-4-13-10(2,3)8(14)12-7-11(5-6-11)9(15)16/h13H,4-7H2,1-3H3,(H,12,14)(H,15,16). The molecule has 1 amide bonds. The summed E-state index contributed by atoms with van der Waals surface area (Å²) < 4.78 is 0. The van der Waals surface area contributed by atoms with Gasteiger partial charge in [0.05, 0.1) is 11.0 Å². The lowest BCUT2D eigenvalue weighted by Crippen LogP contribution is -2.53. The topological polar surface area (TPSA) is 78.4 Å². The summed E-state index contributed by atoms with van der Waals surface area (Å²) in [7, 11) is 0. The van der Waals surface area contributed by atoms with Crippen LogP contribution in [0.2, 0.25) is 0 Å². The van der Waals surface area contributed by atoms with Crippen molar-refractivity contribution >= 4 is 11.9 Å². The Morgan fingerprint density at radius 1 is 1.38 bits per heavy atom. The molecular formula is C11H20N2O3. The van der Waals surface area contributed by atoms with E-state index in [4.69, 9.17) is 5.11 Å². The van der Waals surface area contributed by atoms with Crippen LogP contribution in [0.15, 0.2) is 0 Å². The third kappa shape index (κ3) is 2.72. The van der Waals surface area contributed by atoms with Crippen LogP contribution < -0.4 is 10.6 Å². The fourth-order valence-corrected chi connectivity index (χ4v) is 1.61. The van der Waals surface area contributed by atoms with Gasteiger partial charge in [-0.25, -0.2) is 0 Å². The third-order valence-corrected chi connectivity index (χ3v) is 3.08. The molecule has 0 saturated heterocycles. The van der Waals surface area contributed by atoms with Crippen LogP contribution in [-0.4, -0.2) is 35.6 Å². The van der Waals surface area contributed by atoms with Crippen LogP contribution in [-0.2, 0) is 9.59 Å². The Balaban J connectivity index is 2.44. The highest BCUT2D eigenvalue weighted by Crippen LogP contribution is 2.45. The van der Waals surface area contributed by atoms with Crippen molar-refractivity contribution in [1.82, 2.24) is 10.6 Å². The molecule has 0 atom stereocenters. The highest BCUT2D eigenvalue weighted by atomic mass is 16.4. The molecule has 0 heterocycles. The maximum Gasteiger partial charge on any atom is 0.311 e. The molecule has 0 spiro atoms. The van der Waals surface area contributed by atoms with E-state index in [2.05, 4.69) is 10.6 Å². The van der Waals surface area contributed by atoms with E-state index in [-0.39, 0.29) is 12.5 Å². The number of hydrogen-bond donors (Lipinski definition) is 3. The average Bonchev–Trinajstić information content (AvgIpc) is 2.94. The SMILES string of the molecule is CCNC(C)(C)C(=O)NCC1(C(=O)O)CC1. The van der Waals surface area contributed by atoms with Gasteiger partial charge in [0.1, 0.15) is 0 Å². The third-order valence-electron chi connectivity index (χ3n) is 3.08. The van der Waals surface area contributed by atoms with Crippen LogP contribution in [0.3, 0.4) is 0 Å². The Hall–Kier alpha value is -1.10. The molecule has 92 valence electrons. The van der Waals surface area contributed by atoms with E-state index in [9.17, 15) is 9.59 Å². The Morgan fingerprint density at radius 2 is 1.94 bits per heavy atom. The molecule has 16 heavy (non-hydrogen) atoms. The first-order valence-corrected chi connectivity index (χ1v) is 5.61. The zero-order valence-corrected chi connectivity index (χ0v) is 10.1. The first-order valence-electron chi connectivity index (χ1n) is 5.61. The predicted molar refractivity (Wildman–Crippen MR) is 60.1 cm³/mol. The molecule has 0 radical (unpaired) electrons.